The van der Waals surface area contributed by atoms with Crippen molar-refractivity contribution in [2.75, 3.05) is 0 Å². The first-order chi connectivity index (χ1) is 5.50. The quantitative estimate of drug-likeness (QED) is 0.625. The predicted octanol–water partition coefficient (Wildman–Crippen LogP) is 2.53. The number of hydrogen-bond donors (Lipinski definition) is 1. The minimum Gasteiger partial charge on any atom is -0.389 e. The third-order valence-corrected chi connectivity index (χ3v) is 3.28. The standard InChI is InChI=1S/C11H18O/c1-5-10(12)9-7-6-8(2)11(9,3)4/h5-6,9-10,12H,1,7H2,2-4H3/t9-,10?/m0/s1. The molecule has 2 atom stereocenters. The van der Waals surface area contributed by atoms with Gasteiger partial charge in [-0.3, -0.25) is 0 Å². The Kier molecular flexibility index (Phi) is 2.43. The lowest BCUT2D eigenvalue weighted by Crippen LogP contribution is -2.29. The number of aliphatic hydroxyl groups excluding tert-OH is 1. The number of aliphatic hydroxyl groups is 1. The third-order valence-electron chi connectivity index (χ3n) is 3.28. The van der Waals surface area contributed by atoms with Gasteiger partial charge in [-0.05, 0) is 18.8 Å². The first-order valence-corrected chi connectivity index (χ1v) is 4.48. The summed E-state index contributed by atoms with van der Waals surface area (Å²) in [5, 5.41) is 9.66. The van der Waals surface area contributed by atoms with E-state index in [9.17, 15) is 5.11 Å². The minimum absolute atomic E-state index is 0.133. The molecule has 0 radical (unpaired) electrons. The average Bonchev–Trinajstić information content (AvgIpc) is 2.27. The van der Waals surface area contributed by atoms with Crippen LogP contribution in [0.2, 0.25) is 0 Å². The Bertz CT molecular complexity index is 213. The van der Waals surface area contributed by atoms with Crippen LogP contribution in [0.15, 0.2) is 24.3 Å². The van der Waals surface area contributed by atoms with E-state index in [-0.39, 0.29) is 11.5 Å². The minimum atomic E-state index is -0.367. The molecule has 68 valence electrons. The van der Waals surface area contributed by atoms with Crippen LogP contribution in [-0.2, 0) is 0 Å². The van der Waals surface area contributed by atoms with Crippen LogP contribution in [0.1, 0.15) is 27.2 Å². The number of hydrogen-bond acceptors (Lipinski definition) is 1. The molecule has 0 heterocycles. The zero-order valence-corrected chi connectivity index (χ0v) is 8.17. The summed E-state index contributed by atoms with van der Waals surface area (Å²) < 4.78 is 0. The Hall–Kier alpha value is -0.560. The van der Waals surface area contributed by atoms with Gasteiger partial charge < -0.3 is 5.11 Å². The SMILES string of the molecule is C=CC(O)[C@@H]1CC=C(C)C1(C)C. The van der Waals surface area contributed by atoms with Crippen molar-refractivity contribution in [2.24, 2.45) is 11.3 Å². The molecule has 0 amide bonds. The maximum absolute atomic E-state index is 9.66. The molecule has 0 aromatic rings. The number of allylic oxidation sites excluding steroid dienone is 2. The van der Waals surface area contributed by atoms with Crippen LogP contribution in [-0.4, -0.2) is 11.2 Å². The predicted molar refractivity (Wildman–Crippen MR) is 51.8 cm³/mol. The Morgan fingerprint density at radius 1 is 1.75 bits per heavy atom. The highest BCUT2D eigenvalue weighted by Gasteiger charge is 2.37. The molecule has 1 N–H and O–H groups in total. The van der Waals surface area contributed by atoms with E-state index in [4.69, 9.17) is 0 Å². The molecule has 1 unspecified atom stereocenters. The van der Waals surface area contributed by atoms with Gasteiger partial charge in [-0.2, -0.15) is 0 Å². The molecule has 0 fully saturated rings. The molecule has 1 aliphatic rings. The van der Waals surface area contributed by atoms with Gasteiger partial charge in [0.2, 0.25) is 0 Å². The van der Waals surface area contributed by atoms with Gasteiger partial charge >= 0.3 is 0 Å². The van der Waals surface area contributed by atoms with E-state index in [1.807, 2.05) is 0 Å². The normalized spacial score (nSPS) is 29.7. The van der Waals surface area contributed by atoms with Gasteiger partial charge in [0.1, 0.15) is 0 Å². The summed E-state index contributed by atoms with van der Waals surface area (Å²) in [6.45, 7) is 10.1. The van der Waals surface area contributed by atoms with Gasteiger partial charge in [-0.1, -0.05) is 31.6 Å². The van der Waals surface area contributed by atoms with E-state index in [2.05, 4.69) is 33.4 Å². The molecule has 12 heavy (non-hydrogen) atoms. The zero-order chi connectivity index (χ0) is 9.35. The van der Waals surface area contributed by atoms with Crippen LogP contribution in [0, 0.1) is 11.3 Å². The van der Waals surface area contributed by atoms with Crippen molar-refractivity contribution in [3.63, 3.8) is 0 Å². The summed E-state index contributed by atoms with van der Waals surface area (Å²) >= 11 is 0. The molecule has 1 rings (SSSR count). The first-order valence-electron chi connectivity index (χ1n) is 4.48. The van der Waals surface area contributed by atoms with Gasteiger partial charge in [0.15, 0.2) is 0 Å². The van der Waals surface area contributed by atoms with Crippen LogP contribution < -0.4 is 0 Å². The van der Waals surface area contributed by atoms with Gasteiger partial charge in [0, 0.05) is 5.92 Å². The summed E-state index contributed by atoms with van der Waals surface area (Å²) in [5.74, 6) is 0.315. The second-order valence-electron chi connectivity index (χ2n) is 4.18. The molecular weight excluding hydrogens is 148 g/mol. The van der Waals surface area contributed by atoms with Crippen molar-refractivity contribution in [3.8, 4) is 0 Å². The largest absolute Gasteiger partial charge is 0.389 e. The molecule has 1 aliphatic carbocycles. The molecule has 0 spiro atoms. The van der Waals surface area contributed by atoms with Gasteiger partial charge in [-0.15, -0.1) is 6.58 Å². The monoisotopic (exact) mass is 166 g/mol. The molecular formula is C11H18O. The fourth-order valence-electron chi connectivity index (χ4n) is 1.88. The first kappa shape index (κ1) is 9.53. The van der Waals surface area contributed by atoms with Crippen molar-refractivity contribution in [3.05, 3.63) is 24.3 Å². The van der Waals surface area contributed by atoms with Gasteiger partial charge in [0.25, 0.3) is 0 Å². The van der Waals surface area contributed by atoms with Crippen molar-refractivity contribution >= 4 is 0 Å². The third kappa shape index (κ3) is 1.34. The fourth-order valence-corrected chi connectivity index (χ4v) is 1.88. The molecule has 1 nitrogen and oxygen atoms in total. The highest BCUT2D eigenvalue weighted by atomic mass is 16.3. The summed E-state index contributed by atoms with van der Waals surface area (Å²) in [5.41, 5.74) is 1.52. The molecule has 0 aromatic carbocycles. The molecule has 0 saturated carbocycles. The summed E-state index contributed by atoms with van der Waals surface area (Å²) in [7, 11) is 0. The second-order valence-corrected chi connectivity index (χ2v) is 4.18. The van der Waals surface area contributed by atoms with E-state index in [1.54, 1.807) is 6.08 Å². The van der Waals surface area contributed by atoms with E-state index >= 15 is 0 Å². The molecule has 0 saturated heterocycles. The van der Waals surface area contributed by atoms with Crippen molar-refractivity contribution in [1.82, 2.24) is 0 Å². The van der Waals surface area contributed by atoms with Crippen molar-refractivity contribution in [1.29, 1.82) is 0 Å². The second kappa shape index (κ2) is 3.06. The van der Waals surface area contributed by atoms with Crippen LogP contribution in [0.3, 0.4) is 0 Å². The smallest absolute Gasteiger partial charge is 0.0757 e. The highest BCUT2D eigenvalue weighted by Crippen LogP contribution is 2.44. The lowest BCUT2D eigenvalue weighted by molar-refractivity contribution is 0.0981. The molecule has 0 aliphatic heterocycles. The number of rotatable bonds is 2. The summed E-state index contributed by atoms with van der Waals surface area (Å²) in [4.78, 5) is 0. The van der Waals surface area contributed by atoms with Crippen LogP contribution in [0.25, 0.3) is 0 Å². The van der Waals surface area contributed by atoms with Crippen LogP contribution in [0.4, 0.5) is 0 Å². The molecule has 0 bridgehead atoms. The Morgan fingerprint density at radius 2 is 2.33 bits per heavy atom. The Labute approximate surface area is 74.8 Å². The topological polar surface area (TPSA) is 20.2 Å². The maximum Gasteiger partial charge on any atom is 0.0757 e. The molecule has 0 aromatic heterocycles. The Balaban J connectivity index is 2.80. The van der Waals surface area contributed by atoms with Gasteiger partial charge in [-0.25, -0.2) is 0 Å². The van der Waals surface area contributed by atoms with Crippen LogP contribution in [0.5, 0.6) is 0 Å². The van der Waals surface area contributed by atoms with E-state index < -0.39 is 0 Å². The summed E-state index contributed by atoms with van der Waals surface area (Å²) in [6.07, 6.45) is 4.47. The van der Waals surface area contributed by atoms with E-state index in [0.29, 0.717) is 5.92 Å². The lowest BCUT2D eigenvalue weighted by Gasteiger charge is -2.31. The fraction of sp³-hybridized carbons (Fsp3) is 0.636. The highest BCUT2D eigenvalue weighted by molar-refractivity contribution is 5.20. The average molecular weight is 166 g/mol. The lowest BCUT2D eigenvalue weighted by atomic mass is 9.75. The van der Waals surface area contributed by atoms with Crippen LogP contribution >= 0.6 is 0 Å². The van der Waals surface area contributed by atoms with E-state index in [1.165, 1.54) is 5.57 Å². The van der Waals surface area contributed by atoms with Crippen molar-refractivity contribution in [2.45, 2.75) is 33.3 Å². The maximum atomic E-state index is 9.66. The summed E-state index contributed by atoms with van der Waals surface area (Å²) in [6, 6.07) is 0. The van der Waals surface area contributed by atoms with Crippen molar-refractivity contribution < 1.29 is 5.11 Å². The van der Waals surface area contributed by atoms with E-state index in [0.717, 1.165) is 6.42 Å². The zero-order valence-electron chi connectivity index (χ0n) is 8.17. The van der Waals surface area contributed by atoms with Gasteiger partial charge in [0.05, 0.1) is 6.10 Å². The Morgan fingerprint density at radius 3 is 2.67 bits per heavy atom. The molecule has 1 heteroatoms.